The van der Waals surface area contributed by atoms with E-state index < -0.39 is 0 Å². The molecule has 1 aromatic rings. The molecule has 0 amide bonds. The minimum Gasteiger partial charge on any atom is -0.373 e. The highest BCUT2D eigenvalue weighted by Crippen LogP contribution is 2.39. The van der Waals surface area contributed by atoms with Gasteiger partial charge in [-0.3, -0.25) is 4.68 Å². The van der Waals surface area contributed by atoms with Crippen molar-refractivity contribution in [1.82, 2.24) is 15.1 Å². The molecule has 2 atom stereocenters. The average molecular weight is 258 g/mol. The van der Waals surface area contributed by atoms with Crippen molar-refractivity contribution in [1.29, 1.82) is 0 Å². The van der Waals surface area contributed by atoms with E-state index in [1.54, 1.807) is 6.20 Å². The summed E-state index contributed by atoms with van der Waals surface area (Å²) in [4.78, 5) is 0. The summed E-state index contributed by atoms with van der Waals surface area (Å²) in [7, 11) is 1.95. The standard InChI is InChI=1S/C12H20ClN3O/c1-4-16-10(9(13)8-15-16)11(14-3)12(2)6-5-7-17-12/h8,11,14H,4-7H2,1-3H3. The van der Waals surface area contributed by atoms with Crippen LogP contribution in [0.1, 0.15) is 38.4 Å². The number of aryl methyl sites for hydroxylation is 1. The number of nitrogens with one attached hydrogen (secondary N) is 1. The van der Waals surface area contributed by atoms with Gasteiger partial charge in [-0.2, -0.15) is 5.10 Å². The van der Waals surface area contributed by atoms with E-state index in [-0.39, 0.29) is 11.6 Å². The molecule has 1 aliphatic heterocycles. The molecule has 2 heterocycles. The van der Waals surface area contributed by atoms with Crippen LogP contribution in [0.25, 0.3) is 0 Å². The minimum atomic E-state index is -0.189. The Kier molecular flexibility index (Phi) is 3.76. The maximum atomic E-state index is 6.26. The van der Waals surface area contributed by atoms with Gasteiger partial charge in [0.2, 0.25) is 0 Å². The Morgan fingerprint density at radius 1 is 1.71 bits per heavy atom. The van der Waals surface area contributed by atoms with Crippen molar-refractivity contribution in [2.75, 3.05) is 13.7 Å². The summed E-state index contributed by atoms with van der Waals surface area (Å²) in [6.07, 6.45) is 3.86. The first-order valence-electron chi connectivity index (χ1n) is 6.15. The van der Waals surface area contributed by atoms with Gasteiger partial charge in [0.15, 0.2) is 0 Å². The highest BCUT2D eigenvalue weighted by Gasteiger charge is 2.41. The lowest BCUT2D eigenvalue weighted by Crippen LogP contribution is -2.41. The molecule has 17 heavy (non-hydrogen) atoms. The topological polar surface area (TPSA) is 39.1 Å². The van der Waals surface area contributed by atoms with Crippen LogP contribution in [0.4, 0.5) is 0 Å². The lowest BCUT2D eigenvalue weighted by molar-refractivity contribution is -0.0127. The van der Waals surface area contributed by atoms with E-state index in [1.807, 2.05) is 11.7 Å². The molecular formula is C12H20ClN3O. The maximum Gasteiger partial charge on any atom is 0.0864 e. The molecule has 4 nitrogen and oxygen atoms in total. The Morgan fingerprint density at radius 3 is 3.00 bits per heavy atom. The van der Waals surface area contributed by atoms with Crippen molar-refractivity contribution in [3.63, 3.8) is 0 Å². The highest BCUT2D eigenvalue weighted by atomic mass is 35.5. The van der Waals surface area contributed by atoms with E-state index in [0.717, 1.165) is 31.7 Å². The molecule has 2 unspecified atom stereocenters. The summed E-state index contributed by atoms with van der Waals surface area (Å²) < 4.78 is 7.85. The molecular weight excluding hydrogens is 238 g/mol. The third-order valence-corrected chi connectivity index (χ3v) is 3.85. The second-order valence-electron chi connectivity index (χ2n) is 4.68. The summed E-state index contributed by atoms with van der Waals surface area (Å²) in [5, 5.41) is 8.34. The van der Waals surface area contributed by atoms with Crippen molar-refractivity contribution >= 4 is 11.6 Å². The Labute approximate surface area is 107 Å². The molecule has 2 rings (SSSR count). The average Bonchev–Trinajstić information content (AvgIpc) is 2.89. The quantitative estimate of drug-likeness (QED) is 0.900. The molecule has 0 aliphatic carbocycles. The Bertz CT molecular complexity index is 385. The fraction of sp³-hybridized carbons (Fsp3) is 0.750. The van der Waals surface area contributed by atoms with E-state index in [4.69, 9.17) is 16.3 Å². The summed E-state index contributed by atoms with van der Waals surface area (Å²) in [5.74, 6) is 0. The number of hydrogen-bond acceptors (Lipinski definition) is 3. The number of hydrogen-bond donors (Lipinski definition) is 1. The molecule has 0 spiro atoms. The van der Waals surface area contributed by atoms with Gasteiger partial charge in [-0.15, -0.1) is 0 Å². The molecule has 1 fully saturated rings. The van der Waals surface area contributed by atoms with Gasteiger partial charge >= 0.3 is 0 Å². The Morgan fingerprint density at radius 2 is 2.47 bits per heavy atom. The zero-order valence-electron chi connectivity index (χ0n) is 10.7. The van der Waals surface area contributed by atoms with Gasteiger partial charge in [-0.1, -0.05) is 11.6 Å². The molecule has 0 aromatic carbocycles. The molecule has 1 N–H and O–H groups in total. The first kappa shape index (κ1) is 12.9. The Hall–Kier alpha value is -0.580. The normalized spacial score (nSPS) is 26.4. The molecule has 1 aliphatic rings. The maximum absolute atomic E-state index is 6.26. The predicted octanol–water partition coefficient (Wildman–Crippen LogP) is 2.39. The van der Waals surface area contributed by atoms with E-state index in [0.29, 0.717) is 5.02 Å². The number of rotatable bonds is 4. The third-order valence-electron chi connectivity index (χ3n) is 3.55. The zero-order valence-corrected chi connectivity index (χ0v) is 11.4. The first-order chi connectivity index (χ1) is 8.12. The molecule has 1 saturated heterocycles. The van der Waals surface area contributed by atoms with Crippen molar-refractivity contribution in [2.24, 2.45) is 0 Å². The van der Waals surface area contributed by atoms with Gasteiger partial charge in [0.1, 0.15) is 0 Å². The van der Waals surface area contributed by atoms with E-state index in [1.165, 1.54) is 0 Å². The van der Waals surface area contributed by atoms with Crippen LogP contribution in [0.5, 0.6) is 0 Å². The second-order valence-corrected chi connectivity index (χ2v) is 5.09. The third kappa shape index (κ3) is 2.21. The highest BCUT2D eigenvalue weighted by molar-refractivity contribution is 6.31. The zero-order chi connectivity index (χ0) is 12.5. The van der Waals surface area contributed by atoms with E-state index in [2.05, 4.69) is 24.3 Å². The second kappa shape index (κ2) is 4.96. The molecule has 0 saturated carbocycles. The number of ether oxygens (including phenoxy) is 1. The van der Waals surface area contributed by atoms with E-state index in [9.17, 15) is 0 Å². The molecule has 0 radical (unpaired) electrons. The predicted molar refractivity (Wildman–Crippen MR) is 68.3 cm³/mol. The summed E-state index contributed by atoms with van der Waals surface area (Å²) in [6.45, 7) is 5.85. The van der Waals surface area contributed by atoms with Crippen molar-refractivity contribution in [2.45, 2.75) is 44.9 Å². The smallest absolute Gasteiger partial charge is 0.0864 e. The summed E-state index contributed by atoms with van der Waals surface area (Å²) in [5.41, 5.74) is 0.840. The van der Waals surface area contributed by atoms with Crippen LogP contribution < -0.4 is 5.32 Å². The lowest BCUT2D eigenvalue weighted by atomic mass is 9.90. The monoisotopic (exact) mass is 257 g/mol. The number of halogens is 1. The number of likely N-dealkylation sites (N-methyl/N-ethyl adjacent to an activating group) is 1. The Balaban J connectivity index is 2.37. The fourth-order valence-electron chi connectivity index (χ4n) is 2.67. The van der Waals surface area contributed by atoms with Crippen LogP contribution in [0, 0.1) is 0 Å². The SMILES string of the molecule is CCn1ncc(Cl)c1C(NC)C1(C)CCCO1. The molecule has 96 valence electrons. The van der Waals surface area contributed by atoms with Crippen LogP contribution >= 0.6 is 11.6 Å². The first-order valence-corrected chi connectivity index (χ1v) is 6.52. The number of nitrogens with zero attached hydrogens (tertiary/aromatic N) is 2. The molecule has 5 heteroatoms. The molecule has 0 bridgehead atoms. The van der Waals surface area contributed by atoms with Crippen LogP contribution in [-0.4, -0.2) is 29.0 Å². The van der Waals surface area contributed by atoms with E-state index >= 15 is 0 Å². The summed E-state index contributed by atoms with van der Waals surface area (Å²) >= 11 is 6.26. The van der Waals surface area contributed by atoms with Crippen LogP contribution in [0.3, 0.4) is 0 Å². The molecule has 1 aromatic heterocycles. The van der Waals surface area contributed by atoms with Gasteiger partial charge in [-0.05, 0) is 33.7 Å². The summed E-state index contributed by atoms with van der Waals surface area (Å²) in [6, 6.07) is 0.0833. The largest absolute Gasteiger partial charge is 0.373 e. The van der Waals surface area contributed by atoms with Gasteiger partial charge in [0, 0.05) is 13.2 Å². The van der Waals surface area contributed by atoms with Crippen molar-refractivity contribution < 1.29 is 4.74 Å². The van der Waals surface area contributed by atoms with Crippen molar-refractivity contribution in [3.8, 4) is 0 Å². The van der Waals surface area contributed by atoms with Gasteiger partial charge in [0.25, 0.3) is 0 Å². The lowest BCUT2D eigenvalue weighted by Gasteiger charge is -2.33. The van der Waals surface area contributed by atoms with Gasteiger partial charge in [0.05, 0.1) is 28.6 Å². The van der Waals surface area contributed by atoms with Crippen LogP contribution in [-0.2, 0) is 11.3 Å². The van der Waals surface area contributed by atoms with Crippen LogP contribution in [0.15, 0.2) is 6.20 Å². The minimum absolute atomic E-state index is 0.0833. The van der Waals surface area contributed by atoms with Gasteiger partial charge in [-0.25, -0.2) is 0 Å². The van der Waals surface area contributed by atoms with Crippen LogP contribution in [0.2, 0.25) is 5.02 Å². The van der Waals surface area contributed by atoms with Gasteiger partial charge < -0.3 is 10.1 Å². The number of aromatic nitrogens is 2. The van der Waals surface area contributed by atoms with Crippen molar-refractivity contribution in [3.05, 3.63) is 16.9 Å². The fourth-order valence-corrected chi connectivity index (χ4v) is 2.92.